The Bertz CT molecular complexity index is 770. The number of hydrogen-bond acceptors (Lipinski definition) is 7. The number of esters is 3. The van der Waals surface area contributed by atoms with Crippen LogP contribution in [0.15, 0.2) is 11.6 Å². The van der Waals surface area contributed by atoms with Gasteiger partial charge < -0.3 is 14.2 Å². The fraction of sp³-hybridized carbons (Fsp3) is 0.760. The molecule has 2 saturated carbocycles. The number of ketones is 1. The SMILES string of the molecule is CC(=O)OC/C=C(\COC(C)=O)[C@@H](C[C@@]1(C)[C@H](C)CC[C@@]2(C)C(=O)CCC[C@H]12)OC(C)=O. The van der Waals surface area contributed by atoms with E-state index >= 15 is 0 Å². The number of ether oxygens (including phenoxy) is 3. The van der Waals surface area contributed by atoms with Crippen LogP contribution in [0.2, 0.25) is 0 Å². The third-order valence-electron chi connectivity index (χ3n) is 7.74. The van der Waals surface area contributed by atoms with Crippen LogP contribution in [0.4, 0.5) is 0 Å². The Morgan fingerprint density at radius 3 is 2.31 bits per heavy atom. The van der Waals surface area contributed by atoms with Crippen LogP contribution in [0.3, 0.4) is 0 Å². The van der Waals surface area contributed by atoms with E-state index in [-0.39, 0.29) is 30.0 Å². The lowest BCUT2D eigenvalue weighted by atomic mass is 9.46. The summed E-state index contributed by atoms with van der Waals surface area (Å²) in [4.78, 5) is 47.6. The van der Waals surface area contributed by atoms with Crippen molar-refractivity contribution in [2.24, 2.45) is 22.7 Å². The normalized spacial score (nSPS) is 31.3. The van der Waals surface area contributed by atoms with Crippen LogP contribution >= 0.6 is 0 Å². The van der Waals surface area contributed by atoms with Crippen LogP contribution in [-0.2, 0) is 33.4 Å². The van der Waals surface area contributed by atoms with Gasteiger partial charge in [0.1, 0.15) is 25.1 Å². The largest absolute Gasteiger partial charge is 0.462 e. The van der Waals surface area contributed by atoms with Crippen molar-refractivity contribution in [2.45, 2.75) is 86.2 Å². The number of carbonyl (C=O) groups excluding carboxylic acids is 4. The quantitative estimate of drug-likeness (QED) is 0.311. The molecule has 0 aromatic heterocycles. The van der Waals surface area contributed by atoms with Crippen molar-refractivity contribution in [1.29, 1.82) is 0 Å². The van der Waals surface area contributed by atoms with Gasteiger partial charge in [-0.25, -0.2) is 0 Å². The highest BCUT2D eigenvalue weighted by atomic mass is 16.6. The van der Waals surface area contributed by atoms with E-state index in [0.717, 1.165) is 25.7 Å². The number of rotatable bonds is 8. The van der Waals surface area contributed by atoms with E-state index in [1.54, 1.807) is 6.08 Å². The summed E-state index contributed by atoms with van der Waals surface area (Å²) in [6.45, 7) is 10.4. The molecule has 2 fully saturated rings. The first-order valence-corrected chi connectivity index (χ1v) is 11.6. The molecule has 0 aromatic rings. The van der Waals surface area contributed by atoms with Crippen molar-refractivity contribution in [3.05, 3.63) is 11.6 Å². The molecule has 0 aromatic carbocycles. The molecular formula is C25H38O7. The van der Waals surface area contributed by atoms with Crippen LogP contribution in [0.5, 0.6) is 0 Å². The van der Waals surface area contributed by atoms with Gasteiger partial charge in [0.25, 0.3) is 0 Å². The zero-order valence-electron chi connectivity index (χ0n) is 20.3. The van der Waals surface area contributed by atoms with E-state index in [4.69, 9.17) is 14.2 Å². The van der Waals surface area contributed by atoms with Gasteiger partial charge in [0.2, 0.25) is 0 Å². The van der Waals surface area contributed by atoms with E-state index in [2.05, 4.69) is 20.8 Å². The molecule has 5 atom stereocenters. The number of carbonyl (C=O) groups is 4. The van der Waals surface area contributed by atoms with Gasteiger partial charge in [-0.05, 0) is 55.4 Å². The van der Waals surface area contributed by atoms with Gasteiger partial charge >= 0.3 is 17.9 Å². The molecule has 2 aliphatic carbocycles. The molecule has 7 heteroatoms. The lowest BCUT2D eigenvalue weighted by Crippen LogP contribution is -2.54. The summed E-state index contributed by atoms with van der Waals surface area (Å²) in [5.74, 6) is -0.476. The highest BCUT2D eigenvalue weighted by molar-refractivity contribution is 5.85. The third kappa shape index (κ3) is 5.99. The number of Topliss-reactive ketones (excluding diaryl/α,β-unsaturated/α-hetero) is 1. The van der Waals surface area contributed by atoms with Crippen LogP contribution < -0.4 is 0 Å². The van der Waals surface area contributed by atoms with Crippen molar-refractivity contribution < 1.29 is 33.4 Å². The molecule has 0 bridgehead atoms. The Hall–Kier alpha value is -2.18. The highest BCUT2D eigenvalue weighted by Crippen LogP contribution is 2.60. The summed E-state index contributed by atoms with van der Waals surface area (Å²) in [6.07, 6.45) is 5.80. The molecule has 0 radical (unpaired) electrons. The molecule has 2 aliphatic rings. The van der Waals surface area contributed by atoms with E-state index in [0.29, 0.717) is 30.1 Å². The van der Waals surface area contributed by atoms with Crippen LogP contribution in [0.25, 0.3) is 0 Å². The number of fused-ring (bicyclic) bond motifs is 1. The van der Waals surface area contributed by atoms with E-state index in [1.807, 2.05) is 0 Å². The monoisotopic (exact) mass is 450 g/mol. The van der Waals surface area contributed by atoms with Gasteiger partial charge in [-0.3, -0.25) is 19.2 Å². The van der Waals surface area contributed by atoms with Gasteiger partial charge in [0, 0.05) is 38.2 Å². The fourth-order valence-electron chi connectivity index (χ4n) is 5.75. The molecule has 0 N–H and O–H groups in total. The van der Waals surface area contributed by atoms with E-state index in [1.165, 1.54) is 20.8 Å². The number of hydrogen-bond donors (Lipinski definition) is 0. The molecule has 0 heterocycles. The van der Waals surface area contributed by atoms with Crippen LogP contribution in [0, 0.1) is 22.7 Å². The molecular weight excluding hydrogens is 412 g/mol. The Balaban J connectivity index is 2.40. The molecule has 2 rings (SSSR count). The van der Waals surface area contributed by atoms with Crippen molar-refractivity contribution in [3.63, 3.8) is 0 Å². The standard InChI is InChI=1S/C25H38O7/c1-16-10-12-24(5)22(8-7-9-23(24)29)25(16,6)14-21(32-19(4)28)20(15-31-18(3)27)11-13-30-17(2)26/h11,16,21-22H,7-10,12-15H2,1-6H3/b20-11+/t16-,21-,22+,24-,25+/m1/s1. The minimum Gasteiger partial charge on any atom is -0.462 e. The van der Waals surface area contributed by atoms with Gasteiger partial charge in [0.05, 0.1) is 0 Å². The summed E-state index contributed by atoms with van der Waals surface area (Å²) in [5, 5.41) is 0. The minimum absolute atomic E-state index is 0.00437. The zero-order valence-corrected chi connectivity index (χ0v) is 20.3. The molecule has 7 nitrogen and oxygen atoms in total. The summed E-state index contributed by atoms with van der Waals surface area (Å²) in [7, 11) is 0. The zero-order chi connectivity index (χ0) is 24.1. The second-order valence-electron chi connectivity index (χ2n) is 9.90. The topological polar surface area (TPSA) is 96.0 Å². The van der Waals surface area contributed by atoms with Crippen molar-refractivity contribution in [1.82, 2.24) is 0 Å². The van der Waals surface area contributed by atoms with Gasteiger partial charge in [-0.2, -0.15) is 0 Å². The van der Waals surface area contributed by atoms with Gasteiger partial charge in [-0.15, -0.1) is 0 Å². The molecule has 0 spiro atoms. The maximum absolute atomic E-state index is 12.9. The molecule has 0 aliphatic heterocycles. The minimum atomic E-state index is -0.644. The average molecular weight is 451 g/mol. The van der Waals surface area contributed by atoms with Crippen molar-refractivity contribution >= 4 is 23.7 Å². The first-order valence-electron chi connectivity index (χ1n) is 11.6. The third-order valence-corrected chi connectivity index (χ3v) is 7.74. The predicted molar refractivity (Wildman–Crippen MR) is 118 cm³/mol. The van der Waals surface area contributed by atoms with Crippen molar-refractivity contribution in [2.75, 3.05) is 13.2 Å². The molecule has 0 unspecified atom stereocenters. The van der Waals surface area contributed by atoms with Crippen LogP contribution in [0.1, 0.15) is 80.1 Å². The predicted octanol–water partition coefficient (Wildman–Crippen LogP) is 4.17. The van der Waals surface area contributed by atoms with Gasteiger partial charge in [0.15, 0.2) is 0 Å². The lowest BCUT2D eigenvalue weighted by molar-refractivity contribution is -0.158. The maximum Gasteiger partial charge on any atom is 0.303 e. The summed E-state index contributed by atoms with van der Waals surface area (Å²) >= 11 is 0. The lowest BCUT2D eigenvalue weighted by Gasteiger charge is -2.57. The van der Waals surface area contributed by atoms with Crippen LogP contribution in [-0.4, -0.2) is 43.0 Å². The summed E-state index contributed by atoms with van der Waals surface area (Å²) in [5.41, 5.74) is -0.0305. The Labute approximate surface area is 191 Å². The molecule has 0 saturated heterocycles. The Morgan fingerprint density at radius 2 is 1.72 bits per heavy atom. The first kappa shape index (κ1) is 26.1. The second-order valence-corrected chi connectivity index (χ2v) is 9.90. The van der Waals surface area contributed by atoms with Gasteiger partial charge in [-0.1, -0.05) is 20.8 Å². The van der Waals surface area contributed by atoms with E-state index in [9.17, 15) is 19.2 Å². The molecule has 32 heavy (non-hydrogen) atoms. The summed E-state index contributed by atoms with van der Waals surface area (Å²) < 4.78 is 16.0. The maximum atomic E-state index is 12.9. The van der Waals surface area contributed by atoms with Crippen molar-refractivity contribution in [3.8, 4) is 0 Å². The fourth-order valence-corrected chi connectivity index (χ4v) is 5.75. The van der Waals surface area contributed by atoms with E-state index < -0.39 is 24.0 Å². The summed E-state index contributed by atoms with van der Waals surface area (Å²) in [6, 6.07) is 0. The highest BCUT2D eigenvalue weighted by Gasteiger charge is 2.56. The average Bonchev–Trinajstić information content (AvgIpc) is 2.68. The Kier molecular flexibility index (Phi) is 8.66. The Morgan fingerprint density at radius 1 is 1.06 bits per heavy atom. The first-order chi connectivity index (χ1) is 14.9. The second kappa shape index (κ2) is 10.6. The molecule has 180 valence electrons. The molecule has 0 amide bonds. The smallest absolute Gasteiger partial charge is 0.303 e.